The van der Waals surface area contributed by atoms with Crippen molar-refractivity contribution in [3.63, 3.8) is 0 Å². The fourth-order valence-electron chi connectivity index (χ4n) is 4.39. The number of pyridine rings is 1. The lowest BCUT2D eigenvalue weighted by molar-refractivity contribution is -0.126. The Hall–Kier alpha value is -4.60. The number of hydrogen-bond acceptors (Lipinski definition) is 7. The van der Waals surface area contributed by atoms with Gasteiger partial charge in [-0.3, -0.25) is 14.0 Å². The van der Waals surface area contributed by atoms with Gasteiger partial charge in [-0.25, -0.2) is 19.5 Å². The predicted molar refractivity (Wildman–Crippen MR) is 146 cm³/mol. The van der Waals surface area contributed by atoms with Crippen LogP contribution in [-0.4, -0.2) is 57.3 Å². The van der Waals surface area contributed by atoms with Crippen LogP contribution in [0.3, 0.4) is 0 Å². The van der Waals surface area contributed by atoms with Crippen molar-refractivity contribution in [2.45, 2.75) is 25.8 Å². The van der Waals surface area contributed by atoms with Crippen molar-refractivity contribution in [1.29, 1.82) is 0 Å². The number of carbonyl (C=O) groups excluding carboxylic acids is 2. The molecule has 1 atom stereocenters. The molecule has 14 heteroatoms. The van der Waals surface area contributed by atoms with E-state index in [1.165, 1.54) is 0 Å². The zero-order chi connectivity index (χ0) is 28.9. The lowest BCUT2D eigenvalue weighted by atomic mass is 10.1. The SMILES string of the molecule is CC#CC(=O)N1CCC[C@H]1c1nc(-c2ccc(C(=O)Nc3ccccn3)cc2)c2c(N)nccn12.O=P(O)(O)O. The fraction of sp³-hybridized carbons (Fsp3) is 0.192. The molecule has 1 aliphatic rings. The third-order valence-corrected chi connectivity index (χ3v) is 5.98. The van der Waals surface area contributed by atoms with E-state index in [-0.39, 0.29) is 17.9 Å². The molecule has 3 aromatic heterocycles. The number of aromatic nitrogens is 4. The molecule has 13 nitrogen and oxygen atoms in total. The van der Waals surface area contributed by atoms with E-state index in [0.29, 0.717) is 40.8 Å². The van der Waals surface area contributed by atoms with Crippen molar-refractivity contribution in [2.75, 3.05) is 17.6 Å². The average molecular weight is 564 g/mol. The minimum absolute atomic E-state index is 0.210. The molecule has 0 aliphatic carbocycles. The lowest BCUT2D eigenvalue weighted by Gasteiger charge is -2.21. The lowest BCUT2D eigenvalue weighted by Crippen LogP contribution is -2.30. The highest BCUT2D eigenvalue weighted by atomic mass is 31.2. The van der Waals surface area contributed by atoms with Gasteiger partial charge >= 0.3 is 7.82 Å². The van der Waals surface area contributed by atoms with Crippen molar-refractivity contribution in [3.05, 3.63) is 72.4 Å². The molecule has 2 amide bonds. The summed E-state index contributed by atoms with van der Waals surface area (Å²) in [5.41, 5.74) is 8.84. The highest BCUT2D eigenvalue weighted by Gasteiger charge is 2.33. The van der Waals surface area contributed by atoms with Crippen LogP contribution >= 0.6 is 7.82 Å². The number of phosphoric acid groups is 1. The number of imidazole rings is 1. The zero-order valence-corrected chi connectivity index (χ0v) is 22.2. The Labute approximate surface area is 229 Å². The van der Waals surface area contributed by atoms with Crippen molar-refractivity contribution >= 4 is 36.8 Å². The van der Waals surface area contributed by atoms with Crippen molar-refractivity contribution in [1.82, 2.24) is 24.3 Å². The Morgan fingerprint density at radius 1 is 1.10 bits per heavy atom. The minimum Gasteiger partial charge on any atom is -0.382 e. The first kappa shape index (κ1) is 28.4. The first-order valence-corrected chi connectivity index (χ1v) is 13.6. The number of anilines is 2. The molecule has 1 fully saturated rings. The standard InChI is InChI=1S/C26H23N7O2.H3O4P/c1-2-6-21(34)32-15-5-7-19(32)25-31-22(23-24(27)29-14-16-33(23)25)17-9-11-18(12-10-17)26(35)30-20-8-3-4-13-28-20;1-5(2,3)4/h3-4,8-14,16,19H,5,7,15H2,1H3,(H2,27,29)(H,28,30,35);(H3,1,2,3,4)/t19-;/m0./s1. The largest absolute Gasteiger partial charge is 0.466 e. The molecule has 1 aromatic carbocycles. The van der Waals surface area contributed by atoms with Crippen molar-refractivity contribution in [3.8, 4) is 23.1 Å². The number of carbonyl (C=O) groups is 2. The second-order valence-electron chi connectivity index (χ2n) is 8.64. The number of nitrogens with zero attached hydrogens (tertiary/aromatic N) is 5. The topological polar surface area (TPSA) is 196 Å². The third kappa shape index (κ3) is 6.69. The summed E-state index contributed by atoms with van der Waals surface area (Å²) in [6.45, 7) is 2.28. The van der Waals surface area contributed by atoms with E-state index in [1.54, 1.807) is 60.7 Å². The van der Waals surface area contributed by atoms with Gasteiger partial charge in [0.1, 0.15) is 28.7 Å². The van der Waals surface area contributed by atoms with Crippen molar-refractivity contribution in [2.24, 2.45) is 0 Å². The van der Waals surface area contributed by atoms with Crippen LogP contribution in [-0.2, 0) is 9.36 Å². The molecular formula is C26H26N7O6P. The number of fused-ring (bicyclic) bond motifs is 1. The van der Waals surface area contributed by atoms with E-state index < -0.39 is 7.82 Å². The summed E-state index contributed by atoms with van der Waals surface area (Å²) in [5, 5.41) is 2.77. The van der Waals surface area contributed by atoms with Crippen LogP contribution in [0.1, 0.15) is 42.0 Å². The number of hydrogen-bond donors (Lipinski definition) is 5. The summed E-state index contributed by atoms with van der Waals surface area (Å²) in [6, 6.07) is 12.2. The fourth-order valence-corrected chi connectivity index (χ4v) is 4.39. The van der Waals surface area contributed by atoms with Crippen molar-refractivity contribution < 1.29 is 28.8 Å². The summed E-state index contributed by atoms with van der Waals surface area (Å²) >= 11 is 0. The number of nitrogens with one attached hydrogen (secondary N) is 1. The second kappa shape index (κ2) is 12.1. The molecule has 0 unspecified atom stereocenters. The van der Waals surface area contributed by atoms with E-state index in [2.05, 4.69) is 27.1 Å². The number of rotatable bonds is 4. The van der Waals surface area contributed by atoms with Crippen LogP contribution in [0.4, 0.5) is 11.6 Å². The molecule has 4 aromatic rings. The van der Waals surface area contributed by atoms with Crippen LogP contribution in [0, 0.1) is 11.8 Å². The Kier molecular flexibility index (Phi) is 8.57. The number of nitrogens with two attached hydrogens (primary N) is 1. The molecule has 40 heavy (non-hydrogen) atoms. The molecule has 4 heterocycles. The summed E-state index contributed by atoms with van der Waals surface area (Å²) in [7, 11) is -4.64. The molecule has 0 radical (unpaired) electrons. The van der Waals surface area contributed by atoms with E-state index >= 15 is 0 Å². The molecule has 6 N–H and O–H groups in total. The molecular weight excluding hydrogens is 537 g/mol. The van der Waals surface area contributed by atoms with Gasteiger partial charge in [-0.1, -0.05) is 24.1 Å². The Morgan fingerprint density at radius 2 is 1.82 bits per heavy atom. The van der Waals surface area contributed by atoms with Crippen LogP contribution < -0.4 is 11.1 Å². The number of benzene rings is 1. The monoisotopic (exact) mass is 563 g/mol. The molecule has 0 spiro atoms. The van der Waals surface area contributed by atoms with Crippen LogP contribution in [0.25, 0.3) is 16.8 Å². The Bertz CT molecular complexity index is 1630. The normalized spacial score (nSPS) is 14.6. The maximum atomic E-state index is 12.6. The molecule has 206 valence electrons. The summed E-state index contributed by atoms with van der Waals surface area (Å²) in [5.74, 6) is 6.39. The summed E-state index contributed by atoms with van der Waals surface area (Å²) in [6.07, 6.45) is 6.69. The van der Waals surface area contributed by atoms with Gasteiger partial charge in [0.05, 0.1) is 6.04 Å². The quantitative estimate of drug-likeness (QED) is 0.182. The first-order chi connectivity index (χ1) is 19.1. The van der Waals surface area contributed by atoms with Gasteiger partial charge in [0, 0.05) is 36.3 Å². The van der Waals surface area contributed by atoms with Gasteiger partial charge in [0.25, 0.3) is 11.8 Å². The van der Waals surface area contributed by atoms with Crippen LogP contribution in [0.15, 0.2) is 61.1 Å². The van der Waals surface area contributed by atoms with E-state index in [1.807, 2.05) is 16.5 Å². The molecule has 0 saturated carbocycles. The summed E-state index contributed by atoms with van der Waals surface area (Å²) in [4.78, 5) is 61.8. The van der Waals surface area contributed by atoms with Gasteiger partial charge in [0.2, 0.25) is 0 Å². The van der Waals surface area contributed by atoms with E-state index in [9.17, 15) is 9.59 Å². The minimum atomic E-state index is -4.64. The average Bonchev–Trinajstić information content (AvgIpc) is 3.54. The van der Waals surface area contributed by atoms with E-state index in [0.717, 1.165) is 18.4 Å². The van der Waals surface area contributed by atoms with Crippen LogP contribution in [0.2, 0.25) is 0 Å². The Morgan fingerprint density at radius 3 is 2.48 bits per heavy atom. The third-order valence-electron chi connectivity index (χ3n) is 5.98. The smallest absolute Gasteiger partial charge is 0.382 e. The highest BCUT2D eigenvalue weighted by Crippen LogP contribution is 2.36. The number of nitrogen functional groups attached to an aromatic ring is 1. The van der Waals surface area contributed by atoms with Crippen LogP contribution in [0.5, 0.6) is 0 Å². The summed E-state index contributed by atoms with van der Waals surface area (Å²) < 4.78 is 10.8. The van der Waals surface area contributed by atoms with Gasteiger partial charge < -0.3 is 30.6 Å². The maximum Gasteiger partial charge on any atom is 0.466 e. The van der Waals surface area contributed by atoms with E-state index in [4.69, 9.17) is 30.0 Å². The first-order valence-electron chi connectivity index (χ1n) is 12.0. The second-order valence-corrected chi connectivity index (χ2v) is 9.67. The molecule has 1 saturated heterocycles. The molecule has 5 rings (SSSR count). The van der Waals surface area contributed by atoms with Gasteiger partial charge in [-0.05, 0) is 50.0 Å². The van der Waals surface area contributed by atoms with Gasteiger partial charge in [-0.15, -0.1) is 0 Å². The maximum absolute atomic E-state index is 12.6. The molecule has 0 bridgehead atoms. The number of likely N-dealkylation sites (tertiary alicyclic amines) is 1. The van der Waals surface area contributed by atoms with Gasteiger partial charge in [-0.2, -0.15) is 0 Å². The predicted octanol–water partition coefficient (Wildman–Crippen LogP) is 2.38. The zero-order valence-electron chi connectivity index (χ0n) is 21.3. The number of amides is 2. The molecule has 1 aliphatic heterocycles. The Balaban J connectivity index is 0.000000681. The van der Waals surface area contributed by atoms with Gasteiger partial charge in [0.15, 0.2) is 0 Å². The highest BCUT2D eigenvalue weighted by molar-refractivity contribution is 7.45.